The minimum atomic E-state index is -2.33. The van der Waals surface area contributed by atoms with E-state index in [1.165, 1.54) is 4.90 Å². The number of aromatic nitrogens is 2. The van der Waals surface area contributed by atoms with Gasteiger partial charge in [0.15, 0.2) is 0 Å². The summed E-state index contributed by atoms with van der Waals surface area (Å²) in [6.07, 6.45) is -2.33. The van der Waals surface area contributed by atoms with Gasteiger partial charge in [0.1, 0.15) is 5.82 Å². The van der Waals surface area contributed by atoms with E-state index < -0.39 is 6.43 Å². The molecule has 0 aliphatic carbocycles. The fourth-order valence-corrected chi connectivity index (χ4v) is 1.37. The minimum Gasteiger partial charge on any atom is -0.344 e. The lowest BCUT2D eigenvalue weighted by molar-refractivity contribution is 0.156. The van der Waals surface area contributed by atoms with Gasteiger partial charge in [-0.1, -0.05) is 0 Å². The second kappa shape index (κ2) is 3.75. The summed E-state index contributed by atoms with van der Waals surface area (Å²) in [4.78, 5) is 5.36. The van der Waals surface area contributed by atoms with Gasteiger partial charge < -0.3 is 4.90 Å². The van der Waals surface area contributed by atoms with Gasteiger partial charge in [0.05, 0.1) is 6.54 Å². The van der Waals surface area contributed by atoms with E-state index in [1.807, 2.05) is 0 Å². The second-order valence-corrected chi connectivity index (χ2v) is 3.13. The van der Waals surface area contributed by atoms with Crippen molar-refractivity contribution in [1.29, 1.82) is 0 Å². The van der Waals surface area contributed by atoms with Crippen LogP contribution in [0.5, 0.6) is 0 Å². The Morgan fingerprint density at radius 3 is 2.67 bits per heavy atom. The molecule has 0 aliphatic heterocycles. The zero-order chi connectivity index (χ0) is 9.14. The van der Waals surface area contributed by atoms with Crippen LogP contribution in [0.15, 0.2) is 0 Å². The zero-order valence-corrected chi connectivity index (χ0v) is 7.61. The van der Waals surface area contributed by atoms with Gasteiger partial charge in [-0.3, -0.25) is 0 Å². The van der Waals surface area contributed by atoms with Crippen molar-refractivity contribution < 1.29 is 8.78 Å². The summed E-state index contributed by atoms with van der Waals surface area (Å²) < 4.78 is 27.7. The summed E-state index contributed by atoms with van der Waals surface area (Å²) in [5, 5.41) is 0.535. The maximum absolute atomic E-state index is 11.9. The Balaban J connectivity index is 2.58. The lowest BCUT2D eigenvalue weighted by Gasteiger charge is -2.13. The average Bonchev–Trinajstić information content (AvgIpc) is 2.34. The van der Waals surface area contributed by atoms with E-state index in [4.69, 9.17) is 0 Å². The first-order valence-corrected chi connectivity index (χ1v) is 4.16. The number of halogens is 2. The molecule has 12 heavy (non-hydrogen) atoms. The quantitative estimate of drug-likeness (QED) is 0.729. The van der Waals surface area contributed by atoms with Gasteiger partial charge in [0, 0.05) is 18.6 Å². The van der Waals surface area contributed by atoms with Crippen LogP contribution in [-0.2, 0) is 0 Å². The molecule has 0 atom stereocenters. The first kappa shape index (κ1) is 9.31. The molecule has 0 spiro atoms. The third-order valence-corrected chi connectivity index (χ3v) is 2.18. The Bertz CT molecular complexity index is 251. The van der Waals surface area contributed by atoms with Crippen LogP contribution in [0.3, 0.4) is 0 Å². The van der Waals surface area contributed by atoms with Crippen LogP contribution in [0.1, 0.15) is 5.82 Å². The molecular formula is C6H9F2N3S. The van der Waals surface area contributed by atoms with E-state index in [9.17, 15) is 8.78 Å². The largest absolute Gasteiger partial charge is 0.344 e. The van der Waals surface area contributed by atoms with Crippen molar-refractivity contribution in [2.75, 3.05) is 18.5 Å². The number of anilines is 1. The standard InChI is InChI=1S/C6H9F2N3S/c1-4-9-6(12-10-4)11(2)3-5(7)8/h5H,3H2,1-2H3. The smallest absolute Gasteiger partial charge is 0.255 e. The van der Waals surface area contributed by atoms with E-state index in [-0.39, 0.29) is 6.54 Å². The van der Waals surface area contributed by atoms with Gasteiger partial charge in [-0.25, -0.2) is 13.8 Å². The van der Waals surface area contributed by atoms with Gasteiger partial charge in [-0.05, 0) is 6.92 Å². The molecule has 0 amide bonds. The Morgan fingerprint density at radius 2 is 2.25 bits per heavy atom. The van der Waals surface area contributed by atoms with Crippen LogP contribution in [0.2, 0.25) is 0 Å². The predicted molar refractivity (Wildman–Crippen MR) is 43.9 cm³/mol. The average molecular weight is 193 g/mol. The molecular weight excluding hydrogens is 184 g/mol. The summed E-state index contributed by atoms with van der Waals surface area (Å²) >= 11 is 1.13. The van der Waals surface area contributed by atoms with Crippen LogP contribution < -0.4 is 4.90 Å². The molecule has 6 heteroatoms. The van der Waals surface area contributed by atoms with E-state index in [0.717, 1.165) is 11.5 Å². The Morgan fingerprint density at radius 1 is 1.58 bits per heavy atom. The molecule has 0 saturated carbocycles. The molecule has 3 nitrogen and oxygen atoms in total. The minimum absolute atomic E-state index is 0.297. The van der Waals surface area contributed by atoms with Crippen molar-refractivity contribution in [3.63, 3.8) is 0 Å². The molecule has 0 bridgehead atoms. The zero-order valence-electron chi connectivity index (χ0n) is 6.79. The third-order valence-electron chi connectivity index (χ3n) is 1.26. The molecule has 1 heterocycles. The van der Waals surface area contributed by atoms with Gasteiger partial charge >= 0.3 is 0 Å². The van der Waals surface area contributed by atoms with Gasteiger partial charge in [-0.15, -0.1) is 0 Å². The molecule has 1 rings (SSSR count). The Hall–Kier alpha value is -0.780. The maximum Gasteiger partial charge on any atom is 0.255 e. The van der Waals surface area contributed by atoms with Gasteiger partial charge in [0.2, 0.25) is 5.13 Å². The number of hydrogen-bond acceptors (Lipinski definition) is 4. The Labute approximate surface area is 73.2 Å². The maximum atomic E-state index is 11.9. The monoisotopic (exact) mass is 193 g/mol. The molecule has 0 aliphatic rings. The molecule has 0 saturated heterocycles. The summed E-state index contributed by atoms with van der Waals surface area (Å²) in [6.45, 7) is 1.44. The van der Waals surface area contributed by atoms with Crippen LogP contribution in [0.25, 0.3) is 0 Å². The van der Waals surface area contributed by atoms with Crippen LogP contribution in [0, 0.1) is 6.92 Å². The molecule has 68 valence electrons. The highest BCUT2D eigenvalue weighted by Gasteiger charge is 2.11. The normalized spacial score (nSPS) is 10.8. The molecule has 1 aromatic heterocycles. The topological polar surface area (TPSA) is 29.0 Å². The Kier molecular flexibility index (Phi) is 2.91. The molecule has 0 N–H and O–H groups in total. The second-order valence-electron chi connectivity index (χ2n) is 2.40. The molecule has 0 radical (unpaired) electrons. The number of hydrogen-bond donors (Lipinski definition) is 0. The summed E-state index contributed by atoms with van der Waals surface area (Å²) in [6, 6.07) is 0. The van der Waals surface area contributed by atoms with E-state index in [2.05, 4.69) is 9.36 Å². The lowest BCUT2D eigenvalue weighted by atomic mass is 10.6. The number of aryl methyl sites for hydroxylation is 1. The molecule has 0 aromatic carbocycles. The fourth-order valence-electron chi connectivity index (χ4n) is 0.726. The molecule has 0 unspecified atom stereocenters. The fraction of sp³-hybridized carbons (Fsp3) is 0.667. The van der Waals surface area contributed by atoms with Crippen molar-refractivity contribution in [1.82, 2.24) is 9.36 Å². The summed E-state index contributed by atoms with van der Waals surface area (Å²) in [5.41, 5.74) is 0. The van der Waals surface area contributed by atoms with Crippen molar-refractivity contribution >= 4 is 16.7 Å². The van der Waals surface area contributed by atoms with E-state index in [0.29, 0.717) is 11.0 Å². The van der Waals surface area contributed by atoms with E-state index in [1.54, 1.807) is 14.0 Å². The number of alkyl halides is 2. The number of nitrogens with zero attached hydrogens (tertiary/aromatic N) is 3. The predicted octanol–water partition coefficient (Wildman–Crippen LogP) is 1.55. The van der Waals surface area contributed by atoms with E-state index >= 15 is 0 Å². The summed E-state index contributed by atoms with van der Waals surface area (Å²) in [7, 11) is 1.58. The highest BCUT2D eigenvalue weighted by Crippen LogP contribution is 2.15. The van der Waals surface area contributed by atoms with Gasteiger partial charge in [0.25, 0.3) is 6.43 Å². The lowest BCUT2D eigenvalue weighted by Crippen LogP contribution is -2.23. The number of rotatable bonds is 3. The van der Waals surface area contributed by atoms with Crippen molar-refractivity contribution in [3.05, 3.63) is 5.82 Å². The van der Waals surface area contributed by atoms with Gasteiger partial charge in [-0.2, -0.15) is 4.37 Å². The molecule has 0 fully saturated rings. The van der Waals surface area contributed by atoms with Crippen LogP contribution in [-0.4, -0.2) is 29.4 Å². The highest BCUT2D eigenvalue weighted by atomic mass is 32.1. The van der Waals surface area contributed by atoms with Crippen LogP contribution in [0.4, 0.5) is 13.9 Å². The van der Waals surface area contributed by atoms with Crippen molar-refractivity contribution in [2.24, 2.45) is 0 Å². The third kappa shape index (κ3) is 2.37. The van der Waals surface area contributed by atoms with Crippen molar-refractivity contribution in [2.45, 2.75) is 13.3 Å². The van der Waals surface area contributed by atoms with Crippen molar-refractivity contribution in [3.8, 4) is 0 Å². The first-order chi connectivity index (χ1) is 5.59. The highest BCUT2D eigenvalue weighted by molar-refractivity contribution is 7.09. The first-order valence-electron chi connectivity index (χ1n) is 3.39. The summed E-state index contributed by atoms with van der Waals surface area (Å²) in [5.74, 6) is 0.621. The SMILES string of the molecule is Cc1nsc(N(C)CC(F)F)n1. The molecule has 1 aromatic rings. The van der Waals surface area contributed by atoms with Crippen LogP contribution >= 0.6 is 11.5 Å².